The minimum absolute atomic E-state index is 0.0895. The van der Waals surface area contributed by atoms with Crippen molar-refractivity contribution in [3.8, 4) is 5.75 Å². The maximum atomic E-state index is 14.0. The van der Waals surface area contributed by atoms with E-state index in [2.05, 4.69) is 9.97 Å². The predicted octanol–water partition coefficient (Wildman–Crippen LogP) is 2.01. The lowest BCUT2D eigenvalue weighted by Gasteiger charge is -2.13. The van der Waals surface area contributed by atoms with Crippen molar-refractivity contribution < 1.29 is 14.2 Å². The molecule has 1 N–H and O–H groups in total. The van der Waals surface area contributed by atoms with Crippen LogP contribution in [0.4, 0.5) is 4.39 Å². The number of nitrogens with zero attached hydrogens (tertiary/aromatic N) is 2. The van der Waals surface area contributed by atoms with E-state index in [1.807, 2.05) is 0 Å². The van der Waals surface area contributed by atoms with Crippen molar-refractivity contribution in [1.82, 2.24) is 9.97 Å². The molecule has 18 heavy (non-hydrogen) atoms. The summed E-state index contributed by atoms with van der Waals surface area (Å²) >= 11 is 0. The summed E-state index contributed by atoms with van der Waals surface area (Å²) in [5.74, 6) is -0.499. The topological polar surface area (TPSA) is 55.2 Å². The summed E-state index contributed by atoms with van der Waals surface area (Å²) in [6.45, 7) is 1.79. The second-order valence-electron chi connectivity index (χ2n) is 3.85. The Morgan fingerprint density at radius 1 is 1.28 bits per heavy atom. The van der Waals surface area contributed by atoms with E-state index in [1.165, 1.54) is 31.6 Å². The van der Waals surface area contributed by atoms with E-state index in [9.17, 15) is 9.50 Å². The quantitative estimate of drug-likeness (QED) is 0.902. The lowest BCUT2D eigenvalue weighted by atomic mass is 10.1. The SMILES string of the molecule is COc1cccc(C(O)c2cnc(C)cn2)c1F. The molecule has 1 aromatic heterocycles. The third-order valence-electron chi connectivity index (χ3n) is 2.59. The van der Waals surface area contributed by atoms with E-state index >= 15 is 0 Å². The third-order valence-corrected chi connectivity index (χ3v) is 2.59. The molecule has 0 amide bonds. The number of aliphatic hydroxyl groups is 1. The summed E-state index contributed by atoms with van der Waals surface area (Å²) in [4.78, 5) is 8.05. The third kappa shape index (κ3) is 2.31. The first kappa shape index (κ1) is 12.4. The van der Waals surface area contributed by atoms with Crippen LogP contribution in [-0.2, 0) is 0 Å². The molecule has 0 radical (unpaired) electrons. The summed E-state index contributed by atoms with van der Waals surface area (Å²) in [5.41, 5.74) is 1.15. The average molecular weight is 248 g/mol. The molecule has 0 bridgehead atoms. The Labute approximate surface area is 104 Å². The molecule has 0 aliphatic rings. The maximum absolute atomic E-state index is 14.0. The molecule has 4 nitrogen and oxygen atoms in total. The lowest BCUT2D eigenvalue weighted by Crippen LogP contribution is -2.06. The Balaban J connectivity index is 2.39. The van der Waals surface area contributed by atoms with Crippen molar-refractivity contribution >= 4 is 0 Å². The van der Waals surface area contributed by atoms with Crippen molar-refractivity contribution in [1.29, 1.82) is 0 Å². The molecule has 94 valence electrons. The zero-order chi connectivity index (χ0) is 13.1. The van der Waals surface area contributed by atoms with E-state index in [0.29, 0.717) is 5.69 Å². The first-order chi connectivity index (χ1) is 8.63. The van der Waals surface area contributed by atoms with Gasteiger partial charge >= 0.3 is 0 Å². The fourth-order valence-corrected chi connectivity index (χ4v) is 1.60. The summed E-state index contributed by atoms with van der Waals surface area (Å²) in [7, 11) is 1.38. The van der Waals surface area contributed by atoms with Crippen molar-refractivity contribution in [2.45, 2.75) is 13.0 Å². The van der Waals surface area contributed by atoms with Crippen LogP contribution in [0.5, 0.6) is 5.75 Å². The van der Waals surface area contributed by atoms with Crippen LogP contribution in [0.15, 0.2) is 30.6 Å². The number of aromatic nitrogens is 2. The Morgan fingerprint density at radius 3 is 2.67 bits per heavy atom. The lowest BCUT2D eigenvalue weighted by molar-refractivity contribution is 0.208. The zero-order valence-corrected chi connectivity index (χ0v) is 10.1. The van der Waals surface area contributed by atoms with Crippen LogP contribution in [0.25, 0.3) is 0 Å². The molecule has 2 aromatic rings. The van der Waals surface area contributed by atoms with Gasteiger partial charge in [-0.05, 0) is 13.0 Å². The van der Waals surface area contributed by atoms with Gasteiger partial charge in [0.2, 0.25) is 0 Å². The first-order valence-electron chi connectivity index (χ1n) is 5.42. The molecule has 0 aliphatic heterocycles. The van der Waals surface area contributed by atoms with E-state index in [-0.39, 0.29) is 11.3 Å². The summed E-state index contributed by atoms with van der Waals surface area (Å²) in [6, 6.07) is 4.60. The molecule has 0 saturated carbocycles. The van der Waals surface area contributed by atoms with E-state index in [1.54, 1.807) is 13.0 Å². The zero-order valence-electron chi connectivity index (χ0n) is 10.1. The van der Waals surface area contributed by atoms with Crippen LogP contribution in [0.3, 0.4) is 0 Å². The van der Waals surface area contributed by atoms with Gasteiger partial charge in [0, 0.05) is 11.8 Å². The molecular weight excluding hydrogens is 235 g/mol. The molecule has 0 saturated heterocycles. The van der Waals surface area contributed by atoms with Crippen LogP contribution in [0.2, 0.25) is 0 Å². The highest BCUT2D eigenvalue weighted by Crippen LogP contribution is 2.27. The van der Waals surface area contributed by atoms with E-state index < -0.39 is 11.9 Å². The Kier molecular flexibility index (Phi) is 3.53. The predicted molar refractivity (Wildman–Crippen MR) is 63.8 cm³/mol. The first-order valence-corrected chi connectivity index (χ1v) is 5.42. The van der Waals surface area contributed by atoms with Crippen molar-refractivity contribution in [3.63, 3.8) is 0 Å². The smallest absolute Gasteiger partial charge is 0.171 e. The van der Waals surface area contributed by atoms with Crippen molar-refractivity contribution in [3.05, 3.63) is 53.4 Å². The largest absolute Gasteiger partial charge is 0.494 e. The number of methoxy groups -OCH3 is 1. The monoisotopic (exact) mass is 248 g/mol. The van der Waals surface area contributed by atoms with Gasteiger partial charge in [0.1, 0.15) is 6.10 Å². The standard InChI is InChI=1S/C13H13FN2O2/c1-8-6-16-10(7-15-8)13(17)9-4-3-5-11(18-2)12(9)14/h3-7,13,17H,1-2H3. The molecule has 0 spiro atoms. The van der Waals surface area contributed by atoms with Gasteiger partial charge in [0.15, 0.2) is 11.6 Å². The molecule has 1 unspecified atom stereocenters. The van der Waals surface area contributed by atoms with Crippen molar-refractivity contribution in [2.24, 2.45) is 0 Å². The second kappa shape index (κ2) is 5.10. The highest BCUT2D eigenvalue weighted by atomic mass is 19.1. The summed E-state index contributed by atoms with van der Waals surface area (Å²) in [6.07, 6.45) is 1.79. The van der Waals surface area contributed by atoms with Crippen LogP contribution < -0.4 is 4.74 Å². The van der Waals surface area contributed by atoms with Gasteiger partial charge < -0.3 is 9.84 Å². The molecular formula is C13H13FN2O2. The maximum Gasteiger partial charge on any atom is 0.171 e. The number of rotatable bonds is 3. The summed E-state index contributed by atoms with van der Waals surface area (Å²) in [5, 5.41) is 10.1. The number of hydrogen-bond donors (Lipinski definition) is 1. The molecule has 1 atom stereocenters. The van der Waals surface area contributed by atoms with Gasteiger partial charge in [-0.15, -0.1) is 0 Å². The normalized spacial score (nSPS) is 12.2. The van der Waals surface area contributed by atoms with E-state index in [0.717, 1.165) is 5.69 Å². The Hall–Kier alpha value is -2.01. The highest BCUT2D eigenvalue weighted by molar-refractivity contribution is 5.35. The van der Waals surface area contributed by atoms with Gasteiger partial charge in [-0.3, -0.25) is 9.97 Å². The molecule has 0 aliphatic carbocycles. The molecule has 1 aromatic carbocycles. The number of aryl methyl sites for hydroxylation is 1. The molecule has 1 heterocycles. The van der Waals surface area contributed by atoms with Gasteiger partial charge in [-0.1, -0.05) is 12.1 Å². The van der Waals surface area contributed by atoms with Crippen LogP contribution in [0.1, 0.15) is 23.1 Å². The van der Waals surface area contributed by atoms with Crippen LogP contribution >= 0.6 is 0 Å². The number of ether oxygens (including phenoxy) is 1. The molecule has 0 fully saturated rings. The van der Waals surface area contributed by atoms with Crippen molar-refractivity contribution in [2.75, 3.05) is 7.11 Å². The minimum Gasteiger partial charge on any atom is -0.494 e. The molecule has 5 heteroatoms. The highest BCUT2D eigenvalue weighted by Gasteiger charge is 2.19. The fraction of sp³-hybridized carbons (Fsp3) is 0.231. The van der Waals surface area contributed by atoms with Gasteiger partial charge in [0.25, 0.3) is 0 Å². The Bertz CT molecular complexity index is 543. The molecule has 2 rings (SSSR count). The minimum atomic E-state index is -1.16. The number of aliphatic hydroxyl groups excluding tert-OH is 1. The average Bonchev–Trinajstić information content (AvgIpc) is 2.39. The van der Waals surface area contributed by atoms with Gasteiger partial charge in [0.05, 0.1) is 24.7 Å². The number of hydrogen-bond acceptors (Lipinski definition) is 4. The van der Waals surface area contributed by atoms with Crippen LogP contribution in [-0.4, -0.2) is 22.2 Å². The fourth-order valence-electron chi connectivity index (χ4n) is 1.60. The van der Waals surface area contributed by atoms with E-state index in [4.69, 9.17) is 4.74 Å². The van der Waals surface area contributed by atoms with Gasteiger partial charge in [-0.2, -0.15) is 0 Å². The number of benzene rings is 1. The van der Waals surface area contributed by atoms with Gasteiger partial charge in [-0.25, -0.2) is 4.39 Å². The number of halogens is 1. The van der Waals surface area contributed by atoms with Crippen LogP contribution in [0, 0.1) is 12.7 Å². The second-order valence-corrected chi connectivity index (χ2v) is 3.85. The Morgan fingerprint density at radius 2 is 2.06 bits per heavy atom. The summed E-state index contributed by atoms with van der Waals surface area (Å²) < 4.78 is 18.8.